The summed E-state index contributed by atoms with van der Waals surface area (Å²) in [4.78, 5) is 16.4. The van der Waals surface area contributed by atoms with E-state index in [-0.39, 0.29) is 77.1 Å². The van der Waals surface area contributed by atoms with Crippen molar-refractivity contribution < 1.29 is 31.5 Å². The predicted molar refractivity (Wildman–Crippen MR) is 152 cm³/mol. The van der Waals surface area contributed by atoms with Crippen LogP contribution in [-0.2, 0) is 10.0 Å². The number of anilines is 1. The van der Waals surface area contributed by atoms with Gasteiger partial charge in [0.15, 0.2) is 11.6 Å². The van der Waals surface area contributed by atoms with Crippen LogP contribution in [0, 0.1) is 17.5 Å². The second kappa shape index (κ2) is 11.1. The molecule has 42 heavy (non-hydrogen) atoms. The Balaban J connectivity index is 1.21. The van der Waals surface area contributed by atoms with Gasteiger partial charge in [0.25, 0.3) is 5.91 Å². The third kappa shape index (κ3) is 5.22. The molecule has 1 amide bonds. The normalized spacial score (nSPS) is 21.6. The summed E-state index contributed by atoms with van der Waals surface area (Å²) < 4.78 is 70.5. The largest absolute Gasteiger partial charge is 0.503 e. The Bertz CT molecular complexity index is 1620. The molecule has 3 saturated heterocycles. The molecule has 0 aliphatic carbocycles. The lowest BCUT2D eigenvalue weighted by molar-refractivity contribution is 0.0718. The van der Waals surface area contributed by atoms with Gasteiger partial charge in [-0.05, 0) is 79.6 Å². The lowest BCUT2D eigenvalue weighted by Crippen LogP contribution is -2.55. The van der Waals surface area contributed by atoms with E-state index < -0.39 is 27.4 Å². The molecular weight excluding hydrogens is 591 g/mol. The van der Waals surface area contributed by atoms with E-state index in [1.165, 1.54) is 34.6 Å². The highest BCUT2D eigenvalue weighted by Crippen LogP contribution is 2.43. The zero-order valence-electron chi connectivity index (χ0n) is 22.5. The summed E-state index contributed by atoms with van der Waals surface area (Å²) >= 11 is 6.12. The van der Waals surface area contributed by atoms with Crippen LogP contribution in [0.5, 0.6) is 5.75 Å². The molecule has 3 aliphatic heterocycles. The first-order valence-electron chi connectivity index (χ1n) is 13.8. The van der Waals surface area contributed by atoms with Crippen LogP contribution in [0.2, 0.25) is 5.02 Å². The second-order valence-electron chi connectivity index (χ2n) is 11.1. The quantitative estimate of drug-likeness (QED) is 0.407. The fourth-order valence-electron chi connectivity index (χ4n) is 6.52. The molecule has 6 rings (SSSR count). The van der Waals surface area contributed by atoms with Gasteiger partial charge >= 0.3 is 0 Å². The third-order valence-electron chi connectivity index (χ3n) is 8.66. The first-order valence-corrected chi connectivity index (χ1v) is 15.7. The number of carbonyl (C=O) groups excluding carboxylic acids is 1. The van der Waals surface area contributed by atoms with Crippen LogP contribution in [0.3, 0.4) is 0 Å². The molecule has 3 heterocycles. The van der Waals surface area contributed by atoms with Gasteiger partial charge in [-0.3, -0.25) is 4.79 Å². The smallest absolute Gasteiger partial charge is 0.255 e. The molecule has 1 N–H and O–H groups in total. The number of phenolic OH excluding ortho intramolecular Hbond substituents is 1. The summed E-state index contributed by atoms with van der Waals surface area (Å²) in [7, 11) is -4.07. The minimum Gasteiger partial charge on any atom is -0.503 e. The highest BCUT2D eigenvalue weighted by atomic mass is 35.5. The zero-order valence-corrected chi connectivity index (χ0v) is 24.1. The number of carbonyl (C=O) groups is 1. The molecule has 7 nitrogen and oxygen atoms in total. The highest BCUT2D eigenvalue weighted by Gasteiger charge is 2.44. The van der Waals surface area contributed by atoms with Gasteiger partial charge in [-0.2, -0.15) is 4.31 Å². The number of hydrogen-bond acceptors (Lipinski definition) is 5. The van der Waals surface area contributed by atoms with E-state index in [0.717, 1.165) is 17.7 Å². The topological polar surface area (TPSA) is 81.2 Å². The molecule has 222 valence electrons. The Kier molecular flexibility index (Phi) is 7.61. The molecule has 0 saturated carbocycles. The molecule has 3 aromatic carbocycles. The number of sulfonamides is 1. The molecule has 3 aliphatic rings. The number of fused-ring (bicyclic) bond motifs is 2. The number of halogens is 4. The van der Waals surface area contributed by atoms with E-state index in [1.807, 2.05) is 4.90 Å². The van der Waals surface area contributed by atoms with Crippen molar-refractivity contribution in [2.75, 3.05) is 31.1 Å². The molecule has 0 spiro atoms. The van der Waals surface area contributed by atoms with Crippen molar-refractivity contribution in [2.45, 2.75) is 48.6 Å². The van der Waals surface area contributed by atoms with Crippen molar-refractivity contribution in [3.8, 4) is 5.75 Å². The highest BCUT2D eigenvalue weighted by molar-refractivity contribution is 7.89. The van der Waals surface area contributed by atoms with E-state index >= 15 is 4.39 Å². The summed E-state index contributed by atoms with van der Waals surface area (Å²) in [5.74, 6) is -2.82. The Hall–Kier alpha value is -3.28. The minimum absolute atomic E-state index is 0.00842. The Morgan fingerprint density at radius 1 is 0.857 bits per heavy atom. The number of benzene rings is 3. The van der Waals surface area contributed by atoms with Gasteiger partial charge in [0.2, 0.25) is 10.0 Å². The van der Waals surface area contributed by atoms with E-state index in [2.05, 4.69) is 0 Å². The number of nitrogens with zero attached hydrogens (tertiary/aromatic N) is 3. The van der Waals surface area contributed by atoms with Gasteiger partial charge in [-0.15, -0.1) is 0 Å². The number of piperazine rings is 1. The van der Waals surface area contributed by atoms with Crippen LogP contribution in [0.25, 0.3) is 0 Å². The lowest BCUT2D eigenvalue weighted by Gasteiger charge is -2.43. The first-order chi connectivity index (χ1) is 20.0. The summed E-state index contributed by atoms with van der Waals surface area (Å²) in [6.07, 6.45) is 2.38. The summed E-state index contributed by atoms with van der Waals surface area (Å²) in [6.45, 7) is 0.941. The van der Waals surface area contributed by atoms with Gasteiger partial charge in [-0.1, -0.05) is 23.7 Å². The molecule has 0 radical (unpaired) electrons. The van der Waals surface area contributed by atoms with Crippen molar-refractivity contribution in [3.63, 3.8) is 0 Å². The zero-order chi connectivity index (χ0) is 29.8. The lowest BCUT2D eigenvalue weighted by atomic mass is 9.90. The average molecular weight is 620 g/mol. The van der Waals surface area contributed by atoms with Gasteiger partial charge in [-0.25, -0.2) is 21.6 Å². The van der Waals surface area contributed by atoms with E-state index in [1.54, 1.807) is 17.0 Å². The van der Waals surface area contributed by atoms with Crippen LogP contribution in [-0.4, -0.2) is 66.9 Å². The molecule has 0 unspecified atom stereocenters. The summed E-state index contributed by atoms with van der Waals surface area (Å²) in [5.41, 5.74) is 1.20. The summed E-state index contributed by atoms with van der Waals surface area (Å²) in [6, 6.07) is 11.4. The summed E-state index contributed by atoms with van der Waals surface area (Å²) in [5, 5.41) is 10.7. The van der Waals surface area contributed by atoms with Crippen LogP contribution >= 0.6 is 11.6 Å². The number of amides is 1. The van der Waals surface area contributed by atoms with Crippen molar-refractivity contribution in [1.82, 2.24) is 9.21 Å². The van der Waals surface area contributed by atoms with E-state index in [0.29, 0.717) is 25.7 Å². The number of piperidine rings is 1. The van der Waals surface area contributed by atoms with Gasteiger partial charge in [0, 0.05) is 38.3 Å². The Labute approximate surface area is 247 Å². The second-order valence-corrected chi connectivity index (χ2v) is 13.5. The van der Waals surface area contributed by atoms with Crippen LogP contribution in [0.1, 0.15) is 47.5 Å². The SMILES string of the molecule is O=C(c1ccc(F)cc1Cl)N1C[C@H]2CC[C@@H](C1)N2c1cc(S(=O)(=O)N2CCC(c3ccc(F)cc3)CC2)cc(F)c1O. The average Bonchev–Trinajstić information content (AvgIpc) is 3.22. The fourth-order valence-corrected chi connectivity index (χ4v) is 8.27. The van der Waals surface area contributed by atoms with E-state index in [9.17, 15) is 27.1 Å². The maximum Gasteiger partial charge on any atom is 0.255 e. The van der Waals surface area contributed by atoms with Crippen LogP contribution in [0.15, 0.2) is 59.5 Å². The minimum atomic E-state index is -4.07. The third-order valence-corrected chi connectivity index (χ3v) is 10.8. The van der Waals surface area contributed by atoms with Crippen LogP contribution in [0.4, 0.5) is 18.9 Å². The molecule has 3 fully saturated rings. The fraction of sp³-hybridized carbons (Fsp3) is 0.367. The number of aromatic hydroxyl groups is 1. The maximum absolute atomic E-state index is 15.1. The number of phenols is 1. The van der Waals surface area contributed by atoms with Crippen molar-refractivity contribution in [1.29, 1.82) is 0 Å². The predicted octanol–water partition coefficient (Wildman–Crippen LogP) is 5.52. The number of likely N-dealkylation sites (tertiary alicyclic amines) is 1. The monoisotopic (exact) mass is 619 g/mol. The van der Waals surface area contributed by atoms with E-state index in [4.69, 9.17) is 11.6 Å². The molecule has 2 atom stereocenters. The Morgan fingerprint density at radius 3 is 2.10 bits per heavy atom. The first kappa shape index (κ1) is 28.8. The van der Waals surface area contributed by atoms with Gasteiger partial charge in [0.1, 0.15) is 11.6 Å². The van der Waals surface area contributed by atoms with Crippen LogP contribution < -0.4 is 4.90 Å². The van der Waals surface area contributed by atoms with Crippen molar-refractivity contribution in [2.24, 2.45) is 0 Å². The number of rotatable bonds is 5. The van der Waals surface area contributed by atoms with Crippen molar-refractivity contribution in [3.05, 3.63) is 88.2 Å². The molecule has 0 aromatic heterocycles. The molecule has 2 bridgehead atoms. The molecule has 12 heteroatoms. The van der Waals surface area contributed by atoms with Gasteiger partial charge < -0.3 is 14.9 Å². The maximum atomic E-state index is 15.1. The standard InChI is InChI=1S/C30H29ClF3N3O4S/c31-26-13-21(33)5-8-25(26)30(39)35-16-22-6-7-23(17-35)37(22)28-15-24(14-27(34)29(28)38)42(40,41)36-11-9-19(10-12-36)18-1-3-20(32)4-2-18/h1-5,8,13-15,19,22-23,38H,6-7,9-12,16-17H2/t22-,23+. The molecular formula is C30H29ClF3N3O4S. The number of hydrogen-bond donors (Lipinski definition) is 1. The Morgan fingerprint density at radius 2 is 1.48 bits per heavy atom. The van der Waals surface area contributed by atoms with Gasteiger partial charge in [0.05, 0.1) is 21.2 Å². The molecule has 3 aromatic rings. The van der Waals surface area contributed by atoms with Crippen molar-refractivity contribution >= 4 is 33.2 Å².